The predicted molar refractivity (Wildman–Crippen MR) is 45.6 cm³/mol. The van der Waals surface area contributed by atoms with Gasteiger partial charge < -0.3 is 4.74 Å². The topological polar surface area (TPSA) is 26.3 Å². The lowest BCUT2D eigenvalue weighted by Gasteiger charge is -2.13. The molecule has 0 radical (unpaired) electrons. The Labute approximate surface area is 68.9 Å². The van der Waals surface area contributed by atoms with Gasteiger partial charge in [-0.05, 0) is 13.3 Å². The maximum absolute atomic E-state index is 11.1. The Balaban J connectivity index is 3.67. The summed E-state index contributed by atoms with van der Waals surface area (Å²) in [5, 5.41) is 0. The number of hydrogen-bond donors (Lipinski definition) is 0. The van der Waals surface area contributed by atoms with Gasteiger partial charge in [-0.3, -0.25) is 4.79 Å². The van der Waals surface area contributed by atoms with Gasteiger partial charge in [0.15, 0.2) is 0 Å². The quantitative estimate of drug-likeness (QED) is 0.612. The molecule has 2 heteroatoms. The van der Waals surface area contributed by atoms with Gasteiger partial charge in [-0.25, -0.2) is 0 Å². The van der Waals surface area contributed by atoms with Gasteiger partial charge in [-0.15, -0.1) is 0 Å². The van der Waals surface area contributed by atoms with Crippen LogP contribution in [-0.4, -0.2) is 19.0 Å². The van der Waals surface area contributed by atoms with Crippen LogP contribution in [0.15, 0.2) is 0 Å². The van der Waals surface area contributed by atoms with Gasteiger partial charge in [-0.2, -0.15) is 0 Å². The second-order valence-corrected chi connectivity index (χ2v) is 3.00. The highest BCUT2D eigenvalue weighted by molar-refractivity contribution is 5.80. The van der Waals surface area contributed by atoms with Gasteiger partial charge in [0.1, 0.15) is 5.78 Å². The van der Waals surface area contributed by atoms with Crippen LogP contribution in [0.3, 0.4) is 0 Å². The van der Waals surface area contributed by atoms with Gasteiger partial charge in [0, 0.05) is 19.4 Å². The molecule has 0 fully saturated rings. The van der Waals surface area contributed by atoms with Crippen molar-refractivity contribution in [3.63, 3.8) is 0 Å². The van der Waals surface area contributed by atoms with Crippen molar-refractivity contribution in [2.45, 2.75) is 39.7 Å². The van der Waals surface area contributed by atoms with Crippen LogP contribution in [0.1, 0.15) is 33.6 Å². The Morgan fingerprint density at radius 1 is 1.45 bits per heavy atom. The zero-order valence-electron chi connectivity index (χ0n) is 7.89. The number of rotatable bonds is 5. The lowest BCUT2D eigenvalue weighted by Crippen LogP contribution is -2.17. The fraction of sp³-hybridized carbons (Fsp3) is 0.889. The number of ketones is 1. The van der Waals surface area contributed by atoms with Crippen molar-refractivity contribution < 1.29 is 9.53 Å². The van der Waals surface area contributed by atoms with Crippen LogP contribution in [0, 0.1) is 5.92 Å². The van der Waals surface area contributed by atoms with Crippen LogP contribution in [0.25, 0.3) is 0 Å². The van der Waals surface area contributed by atoms with E-state index in [1.165, 1.54) is 0 Å². The second-order valence-electron chi connectivity index (χ2n) is 3.00. The van der Waals surface area contributed by atoms with Crippen molar-refractivity contribution in [1.82, 2.24) is 0 Å². The van der Waals surface area contributed by atoms with Crippen molar-refractivity contribution in [3.8, 4) is 0 Å². The molecule has 2 atom stereocenters. The van der Waals surface area contributed by atoms with Crippen molar-refractivity contribution >= 4 is 5.78 Å². The molecule has 66 valence electrons. The second kappa shape index (κ2) is 5.30. The molecular weight excluding hydrogens is 140 g/mol. The molecule has 0 bridgehead atoms. The van der Waals surface area contributed by atoms with E-state index in [1.807, 2.05) is 20.8 Å². The van der Waals surface area contributed by atoms with Crippen LogP contribution in [0.4, 0.5) is 0 Å². The van der Waals surface area contributed by atoms with E-state index in [1.54, 1.807) is 7.11 Å². The molecular formula is C9H18O2. The molecule has 0 aromatic rings. The molecule has 0 saturated carbocycles. The summed E-state index contributed by atoms with van der Waals surface area (Å²) in [5.41, 5.74) is 0. The molecule has 2 nitrogen and oxygen atoms in total. The molecule has 0 aromatic carbocycles. The minimum absolute atomic E-state index is 0.148. The third kappa shape index (κ3) is 4.14. The largest absolute Gasteiger partial charge is 0.382 e. The Hall–Kier alpha value is -0.370. The minimum atomic E-state index is 0.148. The lowest BCUT2D eigenvalue weighted by molar-refractivity contribution is -0.123. The summed E-state index contributed by atoms with van der Waals surface area (Å²) < 4.78 is 5.06. The Morgan fingerprint density at radius 3 is 2.36 bits per heavy atom. The van der Waals surface area contributed by atoms with Gasteiger partial charge in [0.05, 0.1) is 6.10 Å². The summed E-state index contributed by atoms with van der Waals surface area (Å²) in [7, 11) is 1.67. The molecule has 0 aliphatic heterocycles. The van der Waals surface area contributed by atoms with Crippen LogP contribution in [-0.2, 0) is 9.53 Å². The first-order valence-electron chi connectivity index (χ1n) is 4.17. The van der Waals surface area contributed by atoms with Crippen LogP contribution in [0.2, 0.25) is 0 Å². The molecule has 0 N–H and O–H groups in total. The zero-order chi connectivity index (χ0) is 8.85. The van der Waals surface area contributed by atoms with E-state index in [2.05, 4.69) is 0 Å². The van der Waals surface area contributed by atoms with E-state index in [4.69, 9.17) is 4.74 Å². The standard InChI is InChI=1S/C9H18O2/c1-5-9(10)7(2)6-8(3)11-4/h7-8H,5-6H2,1-4H3/t7-,8-/m0/s1. The first kappa shape index (κ1) is 10.6. The van der Waals surface area contributed by atoms with E-state index in [9.17, 15) is 4.79 Å². The van der Waals surface area contributed by atoms with Crippen molar-refractivity contribution in [2.75, 3.05) is 7.11 Å². The molecule has 0 aliphatic rings. The van der Waals surface area contributed by atoms with Crippen LogP contribution < -0.4 is 0 Å². The number of hydrogen-bond acceptors (Lipinski definition) is 2. The SMILES string of the molecule is CCC(=O)[C@@H](C)C[C@H](C)OC. The fourth-order valence-electron chi connectivity index (χ4n) is 1.07. The Bertz CT molecular complexity index is 121. The lowest BCUT2D eigenvalue weighted by atomic mass is 9.98. The summed E-state index contributed by atoms with van der Waals surface area (Å²) in [6, 6.07) is 0. The highest BCUT2D eigenvalue weighted by Crippen LogP contribution is 2.10. The summed E-state index contributed by atoms with van der Waals surface area (Å²) in [4.78, 5) is 11.1. The summed E-state index contributed by atoms with van der Waals surface area (Å²) in [6.07, 6.45) is 1.67. The van der Waals surface area contributed by atoms with E-state index < -0.39 is 0 Å². The minimum Gasteiger partial charge on any atom is -0.382 e. The number of Topliss-reactive ketones (excluding diaryl/α,β-unsaturated/α-hetero) is 1. The molecule has 0 aromatic heterocycles. The molecule has 0 saturated heterocycles. The summed E-state index contributed by atoms with van der Waals surface area (Å²) >= 11 is 0. The van der Waals surface area contributed by atoms with Gasteiger partial charge in [-0.1, -0.05) is 13.8 Å². The first-order chi connectivity index (χ1) is 5.11. The molecule has 0 spiro atoms. The van der Waals surface area contributed by atoms with Crippen LogP contribution in [0.5, 0.6) is 0 Å². The average Bonchev–Trinajstić information content (AvgIpc) is 2.02. The maximum atomic E-state index is 11.1. The zero-order valence-corrected chi connectivity index (χ0v) is 7.89. The molecule has 11 heavy (non-hydrogen) atoms. The number of ether oxygens (including phenoxy) is 1. The third-order valence-electron chi connectivity index (χ3n) is 1.99. The van der Waals surface area contributed by atoms with E-state index in [-0.39, 0.29) is 12.0 Å². The molecule has 0 aliphatic carbocycles. The van der Waals surface area contributed by atoms with E-state index in [0.29, 0.717) is 12.2 Å². The first-order valence-corrected chi connectivity index (χ1v) is 4.17. The van der Waals surface area contributed by atoms with Gasteiger partial charge >= 0.3 is 0 Å². The molecule has 0 rings (SSSR count). The molecule has 0 amide bonds. The highest BCUT2D eigenvalue weighted by atomic mass is 16.5. The normalized spacial score (nSPS) is 16.0. The van der Waals surface area contributed by atoms with Crippen molar-refractivity contribution in [3.05, 3.63) is 0 Å². The summed E-state index contributed by atoms with van der Waals surface area (Å²) in [6.45, 7) is 5.84. The molecule has 0 unspecified atom stereocenters. The third-order valence-corrected chi connectivity index (χ3v) is 1.99. The number of carbonyl (C=O) groups excluding carboxylic acids is 1. The highest BCUT2D eigenvalue weighted by Gasteiger charge is 2.13. The predicted octanol–water partition coefficient (Wildman–Crippen LogP) is 2.03. The Morgan fingerprint density at radius 2 is 2.00 bits per heavy atom. The van der Waals surface area contributed by atoms with Gasteiger partial charge in [0.2, 0.25) is 0 Å². The monoisotopic (exact) mass is 158 g/mol. The van der Waals surface area contributed by atoms with Gasteiger partial charge in [0.25, 0.3) is 0 Å². The number of carbonyl (C=O) groups is 1. The van der Waals surface area contributed by atoms with Crippen molar-refractivity contribution in [2.24, 2.45) is 5.92 Å². The van der Waals surface area contributed by atoms with E-state index in [0.717, 1.165) is 6.42 Å². The smallest absolute Gasteiger partial charge is 0.135 e. The van der Waals surface area contributed by atoms with Crippen LogP contribution >= 0.6 is 0 Å². The Kier molecular flexibility index (Phi) is 5.12. The fourth-order valence-corrected chi connectivity index (χ4v) is 1.07. The maximum Gasteiger partial charge on any atom is 0.135 e. The molecule has 0 heterocycles. The number of methoxy groups -OCH3 is 1. The summed E-state index contributed by atoms with van der Waals surface area (Å²) in [5.74, 6) is 0.476. The van der Waals surface area contributed by atoms with Crippen molar-refractivity contribution in [1.29, 1.82) is 0 Å². The van der Waals surface area contributed by atoms with E-state index >= 15 is 0 Å². The average molecular weight is 158 g/mol.